The van der Waals surface area contributed by atoms with E-state index < -0.39 is 0 Å². The Morgan fingerprint density at radius 2 is 1.10 bits per heavy atom. The minimum absolute atomic E-state index is 0.646. The Labute approximate surface area is 289 Å². The number of benzene rings is 7. The molecule has 0 saturated heterocycles. The normalized spacial score (nSPS) is 11.6. The van der Waals surface area contributed by atoms with Crippen molar-refractivity contribution in [3.8, 4) is 34.0 Å². The van der Waals surface area contributed by atoms with Crippen LogP contribution in [0.4, 0.5) is 5.69 Å². The maximum absolute atomic E-state index is 10.4. The Kier molecular flexibility index (Phi) is 6.04. The minimum atomic E-state index is 0.646. The Hall–Kier alpha value is -6.24. The maximum Gasteiger partial charge on any atom is 0.187 e. The zero-order valence-corrected chi connectivity index (χ0v) is 27.6. The predicted octanol–water partition coefficient (Wildman–Crippen LogP) is 13.3. The number of thiophene rings is 2. The maximum atomic E-state index is 10.4. The molecule has 0 bridgehead atoms. The molecule has 7 aromatic carbocycles. The van der Waals surface area contributed by atoms with E-state index in [9.17, 15) is 5.26 Å². The van der Waals surface area contributed by atoms with Crippen molar-refractivity contribution in [1.82, 2.24) is 4.57 Å². The molecule has 0 amide bonds. The summed E-state index contributed by atoms with van der Waals surface area (Å²) in [6, 6.07) is 51.3. The largest absolute Gasteiger partial charge is 0.307 e. The van der Waals surface area contributed by atoms with Crippen molar-refractivity contribution >= 4 is 90.5 Å². The van der Waals surface area contributed by atoms with E-state index in [-0.39, 0.29) is 0 Å². The van der Waals surface area contributed by atoms with Crippen LogP contribution >= 0.6 is 22.7 Å². The summed E-state index contributed by atoms with van der Waals surface area (Å²) in [5.41, 5.74) is 8.78. The first-order chi connectivity index (χ1) is 24.2. The summed E-state index contributed by atoms with van der Waals surface area (Å²) in [4.78, 5) is 3.54. The van der Waals surface area contributed by atoms with Crippen LogP contribution in [-0.2, 0) is 0 Å². The van der Waals surface area contributed by atoms with Gasteiger partial charge >= 0.3 is 0 Å². The smallest absolute Gasteiger partial charge is 0.187 e. The SMILES string of the molecule is [C-]#[N+]c1ccc(-c2ccc3sc4c(ccc5c6cc(-c7cccc(C#N)c7-n7c8ccccc8c8ccccc87)ccc6sc54)c3c2)cc1. The minimum Gasteiger partial charge on any atom is -0.307 e. The monoisotopic (exact) mass is 657 g/mol. The first-order valence-corrected chi connectivity index (χ1v) is 17.6. The molecule has 5 heteroatoms. The van der Waals surface area contributed by atoms with Gasteiger partial charge in [-0.05, 0) is 59.2 Å². The van der Waals surface area contributed by atoms with Gasteiger partial charge in [-0.1, -0.05) is 97.1 Å². The van der Waals surface area contributed by atoms with Crippen LogP contribution in [0, 0.1) is 17.9 Å². The van der Waals surface area contributed by atoms with Crippen molar-refractivity contribution in [2.45, 2.75) is 0 Å². The van der Waals surface area contributed by atoms with Crippen molar-refractivity contribution in [3.05, 3.63) is 157 Å². The summed E-state index contributed by atoms with van der Waals surface area (Å²) in [5, 5.41) is 17.8. The fourth-order valence-electron chi connectivity index (χ4n) is 7.41. The van der Waals surface area contributed by atoms with Gasteiger partial charge in [0.05, 0.1) is 38.3 Å². The van der Waals surface area contributed by atoms with Gasteiger partial charge in [0.1, 0.15) is 6.07 Å². The molecule has 0 aliphatic rings. The van der Waals surface area contributed by atoms with Gasteiger partial charge < -0.3 is 4.57 Å². The van der Waals surface area contributed by atoms with E-state index >= 15 is 0 Å². The molecule has 10 aromatic rings. The number of rotatable bonds is 3. The fourth-order valence-corrected chi connectivity index (χ4v) is 9.92. The molecular formula is C44H23N3S2. The van der Waals surface area contributed by atoms with E-state index in [1.165, 1.54) is 51.1 Å². The molecule has 0 spiro atoms. The first kappa shape index (κ1) is 27.8. The van der Waals surface area contributed by atoms with Crippen LogP contribution in [0.1, 0.15) is 5.56 Å². The predicted molar refractivity (Wildman–Crippen MR) is 208 cm³/mol. The highest BCUT2D eigenvalue weighted by atomic mass is 32.1. The molecule has 3 heterocycles. The molecule has 0 aliphatic carbocycles. The summed E-state index contributed by atoms with van der Waals surface area (Å²) in [6.07, 6.45) is 0. The summed E-state index contributed by atoms with van der Waals surface area (Å²) < 4.78 is 7.41. The van der Waals surface area contributed by atoms with E-state index in [0.717, 1.165) is 39.0 Å². The fraction of sp³-hybridized carbons (Fsp3) is 0. The van der Waals surface area contributed by atoms with Gasteiger partial charge in [0.2, 0.25) is 0 Å². The molecule has 0 atom stereocenters. The number of nitriles is 1. The van der Waals surface area contributed by atoms with Crippen LogP contribution in [-0.4, -0.2) is 4.57 Å². The molecule has 0 N–H and O–H groups in total. The second kappa shape index (κ2) is 10.6. The lowest BCUT2D eigenvalue weighted by Gasteiger charge is -2.16. The van der Waals surface area contributed by atoms with E-state index in [4.69, 9.17) is 6.57 Å². The molecule has 10 rings (SSSR count). The van der Waals surface area contributed by atoms with Gasteiger partial charge in [0.25, 0.3) is 0 Å². The van der Waals surface area contributed by atoms with Crippen LogP contribution in [0.25, 0.3) is 94.9 Å². The second-order valence-electron chi connectivity index (χ2n) is 12.3. The molecule has 0 fully saturated rings. The Morgan fingerprint density at radius 3 is 1.71 bits per heavy atom. The summed E-state index contributed by atoms with van der Waals surface area (Å²) in [7, 11) is 0. The summed E-state index contributed by atoms with van der Waals surface area (Å²) in [6.45, 7) is 7.28. The number of hydrogen-bond donors (Lipinski definition) is 0. The van der Waals surface area contributed by atoms with Crippen molar-refractivity contribution in [2.75, 3.05) is 0 Å². The lowest BCUT2D eigenvalue weighted by Crippen LogP contribution is -2.00. The third-order valence-electron chi connectivity index (χ3n) is 9.68. The average Bonchev–Trinajstić information content (AvgIpc) is 3.83. The third kappa shape index (κ3) is 4.11. The summed E-state index contributed by atoms with van der Waals surface area (Å²) in [5.74, 6) is 0. The van der Waals surface area contributed by atoms with E-state index in [2.05, 4.69) is 119 Å². The topological polar surface area (TPSA) is 33.1 Å². The van der Waals surface area contributed by atoms with Gasteiger partial charge in [-0.15, -0.1) is 22.7 Å². The van der Waals surface area contributed by atoms with Crippen molar-refractivity contribution in [1.29, 1.82) is 5.26 Å². The molecule has 3 nitrogen and oxygen atoms in total. The first-order valence-electron chi connectivity index (χ1n) is 16.0. The molecule has 0 aliphatic heterocycles. The molecule has 0 saturated carbocycles. The Balaban J connectivity index is 1.17. The molecule has 0 radical (unpaired) electrons. The van der Waals surface area contributed by atoms with Gasteiger partial charge in [-0.2, -0.15) is 5.26 Å². The number of hydrogen-bond acceptors (Lipinski definition) is 3. The zero-order valence-electron chi connectivity index (χ0n) is 25.9. The van der Waals surface area contributed by atoms with Crippen LogP contribution in [0.3, 0.4) is 0 Å². The van der Waals surface area contributed by atoms with Crippen molar-refractivity contribution in [3.63, 3.8) is 0 Å². The van der Waals surface area contributed by atoms with Crippen molar-refractivity contribution in [2.24, 2.45) is 0 Å². The van der Waals surface area contributed by atoms with Crippen LogP contribution in [0.2, 0.25) is 0 Å². The molecule has 0 unspecified atom stereocenters. The average molecular weight is 658 g/mol. The van der Waals surface area contributed by atoms with Gasteiger partial charge in [0.15, 0.2) is 5.69 Å². The van der Waals surface area contributed by atoms with E-state index in [0.29, 0.717) is 11.3 Å². The van der Waals surface area contributed by atoms with Gasteiger partial charge in [0, 0.05) is 47.3 Å². The molecular weight excluding hydrogens is 635 g/mol. The third-order valence-corrected chi connectivity index (χ3v) is 12.2. The van der Waals surface area contributed by atoms with Crippen LogP contribution in [0.5, 0.6) is 0 Å². The lowest BCUT2D eigenvalue weighted by molar-refractivity contribution is 1.17. The molecule has 3 aromatic heterocycles. The van der Waals surface area contributed by atoms with Gasteiger partial charge in [-0.25, -0.2) is 4.85 Å². The van der Waals surface area contributed by atoms with Crippen LogP contribution in [0.15, 0.2) is 140 Å². The highest BCUT2D eigenvalue weighted by molar-refractivity contribution is 7.33. The van der Waals surface area contributed by atoms with Gasteiger partial charge in [-0.3, -0.25) is 0 Å². The summed E-state index contributed by atoms with van der Waals surface area (Å²) >= 11 is 3.71. The quantitative estimate of drug-likeness (QED) is 0.174. The highest BCUT2D eigenvalue weighted by Gasteiger charge is 2.20. The highest BCUT2D eigenvalue weighted by Crippen LogP contribution is 2.46. The van der Waals surface area contributed by atoms with Crippen LogP contribution < -0.4 is 0 Å². The number of fused-ring (bicyclic) bond motifs is 10. The Bertz CT molecular complexity index is 3020. The standard InChI is InChI=1S/C44H23N3S2/c1-46-30-17-13-26(14-18-30)27-15-21-40-36(23-27)34-19-20-35-37-24-28(16-22-41(37)49-44(35)43(34)48-40)31-10-6-7-29(25-45)42(31)47-38-11-4-2-8-32(38)33-9-3-5-12-39(33)47/h2-24H. The zero-order chi connectivity index (χ0) is 32.6. The number of para-hydroxylation sites is 3. The Morgan fingerprint density at radius 1 is 0.531 bits per heavy atom. The molecule has 226 valence electrons. The second-order valence-corrected chi connectivity index (χ2v) is 14.4. The number of aromatic nitrogens is 1. The lowest BCUT2D eigenvalue weighted by atomic mass is 9.98. The molecule has 49 heavy (non-hydrogen) atoms. The van der Waals surface area contributed by atoms with E-state index in [1.54, 1.807) is 0 Å². The van der Waals surface area contributed by atoms with Crippen molar-refractivity contribution < 1.29 is 0 Å². The number of nitrogens with zero attached hydrogens (tertiary/aromatic N) is 3. The van der Waals surface area contributed by atoms with E-state index in [1.807, 2.05) is 59.1 Å².